The number of halogens is 2. The summed E-state index contributed by atoms with van der Waals surface area (Å²) in [6, 6.07) is 12.7. The highest BCUT2D eigenvalue weighted by Crippen LogP contribution is 2.27. The number of hydrogen-bond donors (Lipinski definition) is 1. The van der Waals surface area contributed by atoms with Gasteiger partial charge in [-0.3, -0.25) is 4.57 Å². The van der Waals surface area contributed by atoms with Crippen LogP contribution in [0.4, 0.5) is 8.78 Å². The number of hydrogen-bond acceptors (Lipinski definition) is 4. The number of H-pyrrole nitrogens is 1. The predicted molar refractivity (Wildman–Crippen MR) is 99.6 cm³/mol. The number of pyridine rings is 1. The van der Waals surface area contributed by atoms with Crippen molar-refractivity contribution in [2.24, 2.45) is 0 Å². The van der Waals surface area contributed by atoms with Crippen LogP contribution in [0.1, 0.15) is 0 Å². The number of nitrogens with one attached hydrogen (secondary N) is 1. The quantitative estimate of drug-likeness (QED) is 0.515. The lowest BCUT2D eigenvalue weighted by Gasteiger charge is -2.08. The average molecular weight is 374 g/mol. The van der Waals surface area contributed by atoms with Gasteiger partial charge in [0.25, 0.3) is 0 Å². The fourth-order valence-electron chi connectivity index (χ4n) is 3.12. The van der Waals surface area contributed by atoms with E-state index >= 15 is 0 Å². The van der Waals surface area contributed by atoms with Gasteiger partial charge in [-0.2, -0.15) is 15.4 Å². The maximum Gasteiger partial charge on any atom is 0.164 e. The summed E-state index contributed by atoms with van der Waals surface area (Å²) in [5.41, 5.74) is 4.56. The average Bonchev–Trinajstić information content (AvgIpc) is 3.37. The molecule has 5 aromatic rings. The highest BCUT2D eigenvalue weighted by molar-refractivity contribution is 5.79. The summed E-state index contributed by atoms with van der Waals surface area (Å²) in [5, 5.41) is 10.4. The highest BCUT2D eigenvalue weighted by atomic mass is 19.1. The number of aromatic nitrogens is 6. The van der Waals surface area contributed by atoms with Crippen molar-refractivity contribution >= 4 is 11.2 Å². The molecule has 3 heterocycles. The van der Waals surface area contributed by atoms with E-state index in [1.807, 2.05) is 28.8 Å². The molecular weight excluding hydrogens is 362 g/mol. The van der Waals surface area contributed by atoms with Crippen molar-refractivity contribution in [3.8, 4) is 28.1 Å². The van der Waals surface area contributed by atoms with Crippen molar-refractivity contribution in [3.63, 3.8) is 0 Å². The highest BCUT2D eigenvalue weighted by Gasteiger charge is 2.11. The van der Waals surface area contributed by atoms with Crippen LogP contribution in [-0.4, -0.2) is 29.9 Å². The summed E-state index contributed by atoms with van der Waals surface area (Å²) in [5.74, 6) is -1.21. The number of fused-ring (bicyclic) bond motifs is 1. The SMILES string of the molecule is Fc1ccc(-c2cccc(-n3cnc4cc(-c5cn[nH]n5)cnc43)c2)c(F)c1. The zero-order valence-corrected chi connectivity index (χ0v) is 14.3. The van der Waals surface area contributed by atoms with Crippen molar-refractivity contribution in [2.75, 3.05) is 0 Å². The summed E-state index contributed by atoms with van der Waals surface area (Å²) in [6.07, 6.45) is 4.97. The summed E-state index contributed by atoms with van der Waals surface area (Å²) in [7, 11) is 0. The molecule has 0 atom stereocenters. The van der Waals surface area contributed by atoms with Gasteiger partial charge in [0.05, 0.1) is 6.20 Å². The van der Waals surface area contributed by atoms with Crippen LogP contribution in [-0.2, 0) is 0 Å². The van der Waals surface area contributed by atoms with Gasteiger partial charge in [0.2, 0.25) is 0 Å². The summed E-state index contributed by atoms with van der Waals surface area (Å²) < 4.78 is 29.2. The standard InChI is InChI=1S/C20H12F2N6/c21-14-4-5-16(17(22)8-14)12-2-1-3-15(6-12)28-11-24-18-7-13(9-23-20(18)28)19-10-25-27-26-19/h1-11H,(H,25,26,27). The second kappa shape index (κ2) is 6.34. The van der Waals surface area contributed by atoms with E-state index in [0.717, 1.165) is 17.3 Å². The Hall–Kier alpha value is -3.94. The van der Waals surface area contributed by atoms with Gasteiger partial charge in [0, 0.05) is 29.1 Å². The van der Waals surface area contributed by atoms with Crippen LogP contribution in [0.2, 0.25) is 0 Å². The molecule has 0 radical (unpaired) electrons. The monoisotopic (exact) mass is 374 g/mol. The first-order valence-electron chi connectivity index (χ1n) is 8.44. The second-order valence-corrected chi connectivity index (χ2v) is 6.21. The van der Waals surface area contributed by atoms with Gasteiger partial charge in [-0.05, 0) is 35.9 Å². The van der Waals surface area contributed by atoms with E-state index in [2.05, 4.69) is 25.4 Å². The predicted octanol–water partition coefficient (Wildman–Crippen LogP) is 4.15. The van der Waals surface area contributed by atoms with Crippen molar-refractivity contribution < 1.29 is 8.78 Å². The Kier molecular flexibility index (Phi) is 3.68. The van der Waals surface area contributed by atoms with E-state index in [0.29, 0.717) is 28.0 Å². The molecular formula is C20H12F2N6. The molecule has 6 nitrogen and oxygen atoms in total. The summed E-state index contributed by atoms with van der Waals surface area (Å²) in [6.45, 7) is 0. The van der Waals surface area contributed by atoms with Gasteiger partial charge in [0.15, 0.2) is 5.65 Å². The summed E-state index contributed by atoms with van der Waals surface area (Å²) in [4.78, 5) is 8.92. The van der Waals surface area contributed by atoms with Gasteiger partial charge in [-0.25, -0.2) is 18.7 Å². The van der Waals surface area contributed by atoms with Crippen molar-refractivity contribution in [2.45, 2.75) is 0 Å². The fourth-order valence-corrected chi connectivity index (χ4v) is 3.12. The van der Waals surface area contributed by atoms with E-state index in [-0.39, 0.29) is 0 Å². The van der Waals surface area contributed by atoms with E-state index in [1.54, 1.807) is 24.8 Å². The van der Waals surface area contributed by atoms with Crippen LogP contribution in [0.3, 0.4) is 0 Å². The minimum Gasteiger partial charge on any atom is -0.283 e. The molecule has 8 heteroatoms. The van der Waals surface area contributed by atoms with Crippen molar-refractivity contribution in [1.82, 2.24) is 29.9 Å². The maximum absolute atomic E-state index is 14.2. The number of rotatable bonds is 3. The number of nitrogens with zero attached hydrogens (tertiary/aromatic N) is 5. The molecule has 5 rings (SSSR count). The molecule has 136 valence electrons. The largest absolute Gasteiger partial charge is 0.283 e. The van der Waals surface area contributed by atoms with Crippen molar-refractivity contribution in [1.29, 1.82) is 0 Å². The van der Waals surface area contributed by atoms with Crippen LogP contribution < -0.4 is 0 Å². The number of benzene rings is 2. The molecule has 28 heavy (non-hydrogen) atoms. The Labute approximate surface area is 157 Å². The lowest BCUT2D eigenvalue weighted by molar-refractivity contribution is 0.585. The van der Waals surface area contributed by atoms with Gasteiger partial charge in [-0.15, -0.1) is 0 Å². The minimum absolute atomic E-state index is 0.328. The first-order chi connectivity index (χ1) is 13.7. The molecule has 0 aliphatic carbocycles. The zero-order valence-electron chi connectivity index (χ0n) is 14.3. The van der Waals surface area contributed by atoms with Crippen LogP contribution in [0.15, 0.2) is 67.3 Å². The first-order valence-corrected chi connectivity index (χ1v) is 8.44. The van der Waals surface area contributed by atoms with E-state index in [4.69, 9.17) is 0 Å². The molecule has 2 aromatic carbocycles. The van der Waals surface area contributed by atoms with Crippen LogP contribution in [0.25, 0.3) is 39.2 Å². The molecule has 0 saturated carbocycles. The Bertz CT molecular complexity index is 1290. The minimum atomic E-state index is -0.608. The number of aromatic amines is 1. The maximum atomic E-state index is 14.2. The van der Waals surface area contributed by atoms with Gasteiger partial charge >= 0.3 is 0 Å². The first kappa shape index (κ1) is 16.2. The molecule has 0 spiro atoms. The third-order valence-corrected chi connectivity index (χ3v) is 4.46. The molecule has 0 unspecified atom stereocenters. The zero-order chi connectivity index (χ0) is 19.1. The Balaban J connectivity index is 1.59. The van der Waals surface area contributed by atoms with Gasteiger partial charge < -0.3 is 0 Å². The van der Waals surface area contributed by atoms with E-state index < -0.39 is 11.6 Å². The van der Waals surface area contributed by atoms with Crippen molar-refractivity contribution in [3.05, 3.63) is 78.9 Å². The van der Waals surface area contributed by atoms with E-state index in [9.17, 15) is 8.78 Å². The Morgan fingerprint density at radius 3 is 2.64 bits per heavy atom. The van der Waals surface area contributed by atoms with Crippen LogP contribution in [0.5, 0.6) is 0 Å². The molecule has 0 bridgehead atoms. The van der Waals surface area contributed by atoms with Crippen LogP contribution in [0, 0.1) is 11.6 Å². The fraction of sp³-hybridized carbons (Fsp3) is 0. The Morgan fingerprint density at radius 1 is 0.893 bits per heavy atom. The number of imidazole rings is 1. The third kappa shape index (κ3) is 2.71. The molecule has 0 aliphatic heterocycles. The molecule has 0 fully saturated rings. The lowest BCUT2D eigenvalue weighted by Crippen LogP contribution is -1.95. The lowest BCUT2D eigenvalue weighted by atomic mass is 10.0. The molecule has 1 N–H and O–H groups in total. The topological polar surface area (TPSA) is 72.3 Å². The van der Waals surface area contributed by atoms with E-state index in [1.165, 1.54) is 12.1 Å². The Morgan fingerprint density at radius 2 is 1.82 bits per heavy atom. The molecule has 0 aliphatic rings. The van der Waals surface area contributed by atoms with Crippen LogP contribution >= 0.6 is 0 Å². The second-order valence-electron chi connectivity index (χ2n) is 6.21. The normalized spacial score (nSPS) is 11.2. The molecule has 0 amide bonds. The molecule has 3 aromatic heterocycles. The smallest absolute Gasteiger partial charge is 0.164 e. The summed E-state index contributed by atoms with van der Waals surface area (Å²) >= 11 is 0. The third-order valence-electron chi connectivity index (χ3n) is 4.46. The van der Waals surface area contributed by atoms with Gasteiger partial charge in [0.1, 0.15) is 29.2 Å². The van der Waals surface area contributed by atoms with Gasteiger partial charge in [-0.1, -0.05) is 12.1 Å². The molecule has 0 saturated heterocycles.